The molecule has 0 bridgehead atoms. The molecule has 1 fully saturated rings. The second kappa shape index (κ2) is 6.69. The molecule has 2 aromatic heterocycles. The molecule has 8 nitrogen and oxygen atoms in total. The maximum Gasteiger partial charge on any atom is 0.321 e. The van der Waals surface area contributed by atoms with Gasteiger partial charge in [0, 0.05) is 19.3 Å². The van der Waals surface area contributed by atoms with Crippen LogP contribution < -0.4 is 11.1 Å². The molecule has 1 atom stereocenters. The molecule has 3 amide bonds. The Kier molecular flexibility index (Phi) is 4.45. The number of carbonyl (C=O) groups is 2. The van der Waals surface area contributed by atoms with E-state index < -0.39 is 5.91 Å². The molecule has 0 aliphatic carbocycles. The quantitative estimate of drug-likeness (QED) is 0.891. The zero-order valence-corrected chi connectivity index (χ0v) is 13.5. The van der Waals surface area contributed by atoms with Gasteiger partial charge in [0.15, 0.2) is 0 Å². The largest absolute Gasteiger partial charge is 0.364 e. The van der Waals surface area contributed by atoms with E-state index in [1.807, 2.05) is 24.0 Å². The lowest BCUT2D eigenvalue weighted by molar-refractivity contribution is 0.0995. The van der Waals surface area contributed by atoms with Crippen LogP contribution in [0.1, 0.15) is 34.9 Å². The van der Waals surface area contributed by atoms with Gasteiger partial charge in [-0.3, -0.25) is 9.48 Å². The van der Waals surface area contributed by atoms with E-state index in [1.54, 1.807) is 11.0 Å². The Morgan fingerprint density at radius 2 is 2.17 bits per heavy atom. The summed E-state index contributed by atoms with van der Waals surface area (Å²) in [6.45, 7) is 3.31. The number of nitrogens with one attached hydrogen (secondary N) is 1. The van der Waals surface area contributed by atoms with Crippen molar-refractivity contribution in [2.75, 3.05) is 18.4 Å². The summed E-state index contributed by atoms with van der Waals surface area (Å²) in [6, 6.07) is 3.11. The number of anilines is 1. The third kappa shape index (κ3) is 3.53. The van der Waals surface area contributed by atoms with Gasteiger partial charge in [-0.25, -0.2) is 9.78 Å². The average molecular weight is 328 g/mol. The third-order valence-electron chi connectivity index (χ3n) is 4.06. The predicted octanol–water partition coefficient (Wildman–Crippen LogP) is 1.55. The van der Waals surface area contributed by atoms with Gasteiger partial charge in [0.25, 0.3) is 5.91 Å². The SMILES string of the molecule is Cc1cnn([C@@H]2CCCN(C(=O)Nc3ccc(C(N)=O)nc3)C2)c1. The number of primary amides is 1. The number of rotatable bonds is 3. The van der Waals surface area contributed by atoms with Gasteiger partial charge in [-0.1, -0.05) is 0 Å². The molecule has 24 heavy (non-hydrogen) atoms. The van der Waals surface area contributed by atoms with Gasteiger partial charge >= 0.3 is 6.03 Å². The number of nitrogens with zero attached hydrogens (tertiary/aromatic N) is 4. The molecule has 2 aromatic rings. The van der Waals surface area contributed by atoms with E-state index in [4.69, 9.17) is 5.73 Å². The Balaban J connectivity index is 1.63. The number of pyridine rings is 1. The molecule has 0 spiro atoms. The van der Waals surface area contributed by atoms with Gasteiger partial charge in [0.1, 0.15) is 5.69 Å². The van der Waals surface area contributed by atoms with Crippen molar-refractivity contribution in [3.8, 4) is 0 Å². The van der Waals surface area contributed by atoms with E-state index in [1.165, 1.54) is 12.3 Å². The minimum atomic E-state index is -0.596. The van der Waals surface area contributed by atoms with Gasteiger partial charge < -0.3 is 16.0 Å². The molecular formula is C16H20N6O2. The van der Waals surface area contributed by atoms with Crippen LogP contribution in [0.5, 0.6) is 0 Å². The van der Waals surface area contributed by atoms with Crippen molar-refractivity contribution in [2.24, 2.45) is 5.73 Å². The lowest BCUT2D eigenvalue weighted by Crippen LogP contribution is -2.43. The zero-order chi connectivity index (χ0) is 17.1. The maximum atomic E-state index is 12.4. The lowest BCUT2D eigenvalue weighted by atomic mass is 10.1. The van der Waals surface area contributed by atoms with Crippen LogP contribution in [0.4, 0.5) is 10.5 Å². The summed E-state index contributed by atoms with van der Waals surface area (Å²) in [5, 5.41) is 7.15. The van der Waals surface area contributed by atoms with E-state index in [9.17, 15) is 9.59 Å². The van der Waals surface area contributed by atoms with Crippen molar-refractivity contribution in [1.82, 2.24) is 19.7 Å². The van der Waals surface area contributed by atoms with Crippen LogP contribution in [0.15, 0.2) is 30.7 Å². The van der Waals surface area contributed by atoms with Crippen LogP contribution in [0.2, 0.25) is 0 Å². The topological polar surface area (TPSA) is 106 Å². The normalized spacial score (nSPS) is 17.5. The molecule has 0 unspecified atom stereocenters. The summed E-state index contributed by atoms with van der Waals surface area (Å²) in [7, 11) is 0. The van der Waals surface area contributed by atoms with Crippen LogP contribution in [-0.2, 0) is 0 Å². The molecule has 0 radical (unpaired) electrons. The number of hydrogen-bond donors (Lipinski definition) is 2. The molecule has 0 aromatic carbocycles. The minimum absolute atomic E-state index is 0.167. The molecule has 1 aliphatic rings. The highest BCUT2D eigenvalue weighted by atomic mass is 16.2. The van der Waals surface area contributed by atoms with Crippen molar-refractivity contribution >= 4 is 17.6 Å². The van der Waals surface area contributed by atoms with Gasteiger partial charge in [0.05, 0.1) is 24.1 Å². The monoisotopic (exact) mass is 328 g/mol. The summed E-state index contributed by atoms with van der Waals surface area (Å²) in [4.78, 5) is 29.1. The number of nitrogens with two attached hydrogens (primary N) is 1. The molecule has 3 rings (SSSR count). The first-order valence-electron chi connectivity index (χ1n) is 7.85. The number of hydrogen-bond acceptors (Lipinski definition) is 4. The zero-order valence-electron chi connectivity index (χ0n) is 13.5. The number of likely N-dealkylation sites (tertiary alicyclic amines) is 1. The highest BCUT2D eigenvalue weighted by Gasteiger charge is 2.25. The summed E-state index contributed by atoms with van der Waals surface area (Å²) < 4.78 is 1.93. The van der Waals surface area contributed by atoms with E-state index >= 15 is 0 Å². The van der Waals surface area contributed by atoms with Crippen molar-refractivity contribution in [3.63, 3.8) is 0 Å². The highest BCUT2D eigenvalue weighted by molar-refractivity contribution is 5.92. The van der Waals surface area contributed by atoms with E-state index in [-0.39, 0.29) is 17.8 Å². The Morgan fingerprint density at radius 3 is 2.79 bits per heavy atom. The Labute approximate surface area is 139 Å². The maximum absolute atomic E-state index is 12.4. The van der Waals surface area contributed by atoms with Gasteiger partial charge in [0.2, 0.25) is 0 Å². The van der Waals surface area contributed by atoms with Crippen molar-refractivity contribution in [2.45, 2.75) is 25.8 Å². The molecular weight excluding hydrogens is 308 g/mol. The smallest absolute Gasteiger partial charge is 0.321 e. The van der Waals surface area contributed by atoms with E-state index in [2.05, 4.69) is 15.4 Å². The summed E-state index contributed by atoms with van der Waals surface area (Å²) >= 11 is 0. The Hall–Kier alpha value is -2.90. The number of aryl methyl sites for hydroxylation is 1. The van der Waals surface area contributed by atoms with Crippen molar-refractivity contribution in [3.05, 3.63) is 42.0 Å². The molecule has 1 aliphatic heterocycles. The molecule has 8 heteroatoms. The van der Waals surface area contributed by atoms with Gasteiger partial charge in [-0.2, -0.15) is 5.10 Å². The third-order valence-corrected chi connectivity index (χ3v) is 4.06. The first-order chi connectivity index (χ1) is 11.5. The van der Waals surface area contributed by atoms with Crippen LogP contribution in [-0.4, -0.2) is 44.7 Å². The fraction of sp³-hybridized carbons (Fsp3) is 0.375. The van der Waals surface area contributed by atoms with Crippen LogP contribution >= 0.6 is 0 Å². The Morgan fingerprint density at radius 1 is 1.33 bits per heavy atom. The number of aromatic nitrogens is 3. The number of amides is 3. The number of carbonyl (C=O) groups excluding carboxylic acids is 2. The molecule has 126 valence electrons. The standard InChI is InChI=1S/C16H20N6O2/c1-11-7-19-22(9-11)13-3-2-6-21(10-13)16(24)20-12-4-5-14(15(17)23)18-8-12/h4-5,7-9,13H,2-3,6,10H2,1H3,(H2,17,23)(H,20,24)/t13-/m1/s1. The molecule has 1 saturated heterocycles. The first-order valence-corrected chi connectivity index (χ1v) is 7.85. The predicted molar refractivity (Wildman–Crippen MR) is 88.6 cm³/mol. The summed E-state index contributed by atoms with van der Waals surface area (Å²) in [5.74, 6) is -0.596. The molecule has 3 heterocycles. The summed E-state index contributed by atoms with van der Waals surface area (Å²) in [5.41, 5.74) is 6.95. The molecule has 0 saturated carbocycles. The number of piperidine rings is 1. The van der Waals surface area contributed by atoms with Crippen molar-refractivity contribution in [1.29, 1.82) is 0 Å². The minimum Gasteiger partial charge on any atom is -0.364 e. The average Bonchev–Trinajstić information content (AvgIpc) is 3.02. The van der Waals surface area contributed by atoms with Crippen LogP contribution in [0, 0.1) is 6.92 Å². The van der Waals surface area contributed by atoms with Gasteiger partial charge in [-0.05, 0) is 37.5 Å². The van der Waals surface area contributed by atoms with E-state index in [0.29, 0.717) is 18.8 Å². The van der Waals surface area contributed by atoms with E-state index in [0.717, 1.165) is 18.4 Å². The Bertz CT molecular complexity index is 739. The molecule has 3 N–H and O–H groups in total. The first kappa shape index (κ1) is 16.0. The second-order valence-corrected chi connectivity index (χ2v) is 5.97. The lowest BCUT2D eigenvalue weighted by Gasteiger charge is -2.32. The number of urea groups is 1. The fourth-order valence-electron chi connectivity index (χ4n) is 2.80. The van der Waals surface area contributed by atoms with Crippen molar-refractivity contribution < 1.29 is 9.59 Å². The fourth-order valence-corrected chi connectivity index (χ4v) is 2.80. The second-order valence-electron chi connectivity index (χ2n) is 5.97. The van der Waals surface area contributed by atoms with Crippen LogP contribution in [0.3, 0.4) is 0 Å². The summed E-state index contributed by atoms with van der Waals surface area (Å²) in [6.07, 6.45) is 7.18. The highest BCUT2D eigenvalue weighted by Crippen LogP contribution is 2.22. The van der Waals surface area contributed by atoms with Crippen LogP contribution in [0.25, 0.3) is 0 Å². The van der Waals surface area contributed by atoms with Gasteiger partial charge in [-0.15, -0.1) is 0 Å².